The normalized spacial score (nSPS) is 11.1. The molecule has 1 N–H and O–H groups in total. The van der Waals surface area contributed by atoms with Gasteiger partial charge >= 0.3 is 0 Å². The van der Waals surface area contributed by atoms with Gasteiger partial charge in [0.15, 0.2) is 5.82 Å². The molecule has 6 nitrogen and oxygen atoms in total. The predicted octanol–water partition coefficient (Wildman–Crippen LogP) is 4.40. The maximum absolute atomic E-state index is 12.6. The van der Waals surface area contributed by atoms with Crippen molar-refractivity contribution in [1.29, 1.82) is 0 Å². The van der Waals surface area contributed by atoms with Gasteiger partial charge in [0.05, 0.1) is 0 Å². The topological polar surface area (TPSA) is 75.0 Å². The Morgan fingerprint density at radius 2 is 1.93 bits per heavy atom. The van der Waals surface area contributed by atoms with E-state index >= 15 is 0 Å². The maximum Gasteiger partial charge on any atom is 0.274 e. The number of aromatic amines is 1. The zero-order chi connectivity index (χ0) is 20.4. The summed E-state index contributed by atoms with van der Waals surface area (Å²) in [6.07, 6.45) is 1.48. The Morgan fingerprint density at radius 3 is 2.69 bits per heavy atom. The molecule has 0 spiro atoms. The smallest absolute Gasteiger partial charge is 0.274 e. The number of nitrogens with one attached hydrogen (secondary N) is 1. The summed E-state index contributed by atoms with van der Waals surface area (Å²) in [4.78, 5) is 22.0. The highest BCUT2D eigenvalue weighted by Gasteiger charge is 2.15. The number of likely N-dealkylation sites (N-methyl/N-ethyl adjacent to an activating group) is 1. The van der Waals surface area contributed by atoms with Crippen LogP contribution in [0.5, 0.6) is 0 Å². The van der Waals surface area contributed by atoms with Crippen molar-refractivity contribution < 1.29 is 9.32 Å². The molecule has 0 aliphatic carbocycles. The Hall–Kier alpha value is -3.41. The molecule has 4 aromatic rings. The van der Waals surface area contributed by atoms with Crippen LogP contribution in [0.4, 0.5) is 0 Å². The van der Waals surface area contributed by atoms with Gasteiger partial charge in [-0.15, -0.1) is 0 Å². The molecule has 0 unspecified atom stereocenters. The van der Waals surface area contributed by atoms with Crippen LogP contribution in [0.3, 0.4) is 0 Å². The van der Waals surface area contributed by atoms with E-state index in [1.54, 1.807) is 11.9 Å². The molecule has 6 heteroatoms. The van der Waals surface area contributed by atoms with Crippen LogP contribution >= 0.6 is 0 Å². The number of H-pyrrole nitrogens is 1. The Balaban J connectivity index is 1.41. The van der Waals surface area contributed by atoms with Crippen LogP contribution in [0.2, 0.25) is 0 Å². The van der Waals surface area contributed by atoms with Crippen molar-refractivity contribution in [2.45, 2.75) is 26.7 Å². The number of benzene rings is 2. The molecule has 0 atom stereocenters. The molecule has 2 heterocycles. The first kappa shape index (κ1) is 18.9. The molecule has 148 valence electrons. The zero-order valence-electron chi connectivity index (χ0n) is 16.9. The van der Waals surface area contributed by atoms with Crippen molar-refractivity contribution in [3.05, 3.63) is 71.0 Å². The van der Waals surface area contributed by atoms with E-state index in [0.717, 1.165) is 23.0 Å². The van der Waals surface area contributed by atoms with Crippen molar-refractivity contribution in [2.24, 2.45) is 0 Å². The van der Waals surface area contributed by atoms with Gasteiger partial charge in [-0.3, -0.25) is 4.79 Å². The van der Waals surface area contributed by atoms with E-state index in [1.165, 1.54) is 11.1 Å². The minimum Gasteiger partial charge on any atom is -0.351 e. The summed E-state index contributed by atoms with van der Waals surface area (Å²) in [5, 5.41) is 5.17. The largest absolute Gasteiger partial charge is 0.351 e. The van der Waals surface area contributed by atoms with Crippen LogP contribution in [0.15, 0.2) is 53.1 Å². The minimum atomic E-state index is -0.0117. The number of hydrogen-bond donors (Lipinski definition) is 1. The average molecular weight is 388 g/mol. The number of carbonyl (C=O) groups excluding carboxylic acids is 1. The van der Waals surface area contributed by atoms with Crippen LogP contribution in [-0.4, -0.2) is 39.5 Å². The van der Waals surface area contributed by atoms with E-state index < -0.39 is 0 Å². The fourth-order valence-electron chi connectivity index (χ4n) is 3.30. The monoisotopic (exact) mass is 388 g/mol. The van der Waals surface area contributed by atoms with E-state index in [0.29, 0.717) is 30.2 Å². The average Bonchev–Trinajstić information content (AvgIpc) is 3.38. The van der Waals surface area contributed by atoms with Crippen LogP contribution in [-0.2, 0) is 12.8 Å². The molecule has 0 aliphatic heterocycles. The fraction of sp³-hybridized carbons (Fsp3) is 0.261. The predicted molar refractivity (Wildman–Crippen MR) is 113 cm³/mol. The lowest BCUT2D eigenvalue weighted by atomic mass is 10.1. The molecule has 0 fully saturated rings. The first-order chi connectivity index (χ1) is 14.0. The van der Waals surface area contributed by atoms with Gasteiger partial charge in [0.25, 0.3) is 11.8 Å². The molecule has 0 bridgehead atoms. The number of aromatic nitrogens is 3. The van der Waals surface area contributed by atoms with Crippen molar-refractivity contribution in [3.8, 4) is 11.6 Å². The number of amides is 1. The Kier molecular flexibility index (Phi) is 5.16. The van der Waals surface area contributed by atoms with Gasteiger partial charge in [-0.2, -0.15) is 4.98 Å². The van der Waals surface area contributed by atoms with Crippen molar-refractivity contribution in [1.82, 2.24) is 20.0 Å². The summed E-state index contributed by atoms with van der Waals surface area (Å²) in [6, 6.07) is 16.0. The first-order valence-electron chi connectivity index (χ1n) is 9.80. The molecule has 2 aromatic heterocycles. The molecule has 0 saturated carbocycles. The number of rotatable bonds is 6. The quantitative estimate of drug-likeness (QED) is 0.531. The molecule has 4 rings (SSSR count). The van der Waals surface area contributed by atoms with Gasteiger partial charge in [-0.05, 0) is 49.2 Å². The van der Waals surface area contributed by atoms with Gasteiger partial charge in [-0.25, -0.2) is 0 Å². The SMILES string of the molecule is CCc1ccc(C(=O)N(C)CCc2noc(-c3cc4cc(C)ccc4[nH]3)n2)cc1. The van der Waals surface area contributed by atoms with Crippen molar-refractivity contribution in [2.75, 3.05) is 13.6 Å². The third-order valence-corrected chi connectivity index (χ3v) is 5.10. The van der Waals surface area contributed by atoms with E-state index in [2.05, 4.69) is 41.1 Å². The molecule has 0 aliphatic rings. The summed E-state index contributed by atoms with van der Waals surface area (Å²) in [6.45, 7) is 4.67. The van der Waals surface area contributed by atoms with E-state index in [1.807, 2.05) is 36.4 Å². The molecule has 2 aromatic carbocycles. The van der Waals surface area contributed by atoms with Gasteiger partial charge < -0.3 is 14.4 Å². The Morgan fingerprint density at radius 1 is 1.14 bits per heavy atom. The number of aryl methyl sites for hydroxylation is 2. The fourth-order valence-corrected chi connectivity index (χ4v) is 3.30. The summed E-state index contributed by atoms with van der Waals surface area (Å²) in [7, 11) is 1.79. The highest BCUT2D eigenvalue weighted by molar-refractivity contribution is 5.94. The van der Waals surface area contributed by atoms with E-state index in [-0.39, 0.29) is 5.91 Å². The number of carbonyl (C=O) groups is 1. The van der Waals surface area contributed by atoms with E-state index in [9.17, 15) is 4.79 Å². The highest BCUT2D eigenvalue weighted by Crippen LogP contribution is 2.23. The second kappa shape index (κ2) is 7.91. The lowest BCUT2D eigenvalue weighted by molar-refractivity contribution is 0.0796. The number of fused-ring (bicyclic) bond motifs is 1. The molecule has 1 amide bonds. The van der Waals surface area contributed by atoms with E-state index in [4.69, 9.17) is 4.52 Å². The second-order valence-electron chi connectivity index (χ2n) is 7.32. The molecular formula is C23H24N4O2. The summed E-state index contributed by atoms with van der Waals surface area (Å²) >= 11 is 0. The summed E-state index contributed by atoms with van der Waals surface area (Å²) in [5.74, 6) is 1.02. The highest BCUT2D eigenvalue weighted by atomic mass is 16.5. The molecule has 0 saturated heterocycles. The maximum atomic E-state index is 12.6. The molecule has 0 radical (unpaired) electrons. The van der Waals surface area contributed by atoms with Gasteiger partial charge in [0.1, 0.15) is 5.69 Å². The Labute approximate surface area is 169 Å². The minimum absolute atomic E-state index is 0.0117. The molecular weight excluding hydrogens is 364 g/mol. The van der Waals surface area contributed by atoms with Gasteiger partial charge in [0.2, 0.25) is 0 Å². The zero-order valence-corrected chi connectivity index (χ0v) is 16.9. The Bertz CT molecular complexity index is 1140. The first-order valence-corrected chi connectivity index (χ1v) is 9.80. The van der Waals surface area contributed by atoms with Crippen molar-refractivity contribution >= 4 is 16.8 Å². The number of hydrogen-bond acceptors (Lipinski definition) is 4. The summed E-state index contributed by atoms with van der Waals surface area (Å²) in [5.41, 5.74) is 4.93. The third-order valence-electron chi connectivity index (χ3n) is 5.10. The molecule has 29 heavy (non-hydrogen) atoms. The van der Waals surface area contributed by atoms with Crippen LogP contribution < -0.4 is 0 Å². The van der Waals surface area contributed by atoms with Gasteiger partial charge in [-0.1, -0.05) is 35.8 Å². The van der Waals surface area contributed by atoms with Crippen LogP contribution in [0.1, 0.15) is 34.2 Å². The lowest BCUT2D eigenvalue weighted by Gasteiger charge is -2.16. The van der Waals surface area contributed by atoms with Crippen LogP contribution in [0, 0.1) is 6.92 Å². The van der Waals surface area contributed by atoms with Crippen molar-refractivity contribution in [3.63, 3.8) is 0 Å². The number of nitrogens with zero attached hydrogens (tertiary/aromatic N) is 3. The second-order valence-corrected chi connectivity index (χ2v) is 7.32. The lowest BCUT2D eigenvalue weighted by Crippen LogP contribution is -2.29. The van der Waals surface area contributed by atoms with Crippen LogP contribution in [0.25, 0.3) is 22.5 Å². The summed E-state index contributed by atoms with van der Waals surface area (Å²) < 4.78 is 5.42. The standard InChI is InChI=1S/C23H24N4O2/c1-4-16-6-8-17(9-7-16)23(28)27(3)12-11-21-25-22(29-26-21)20-14-18-13-15(2)5-10-19(18)24-20/h5-10,13-14,24H,4,11-12H2,1-3H3. The third kappa shape index (κ3) is 4.06. The van der Waals surface area contributed by atoms with Gasteiger partial charge in [0, 0.05) is 36.5 Å².